The predicted octanol–water partition coefficient (Wildman–Crippen LogP) is 6.80. The molecule has 2 aliphatic rings. The van der Waals surface area contributed by atoms with Crippen LogP contribution in [0.15, 0.2) is 95.1 Å². The second kappa shape index (κ2) is 11.9. The summed E-state index contributed by atoms with van der Waals surface area (Å²) in [6, 6.07) is 25.6. The molecule has 1 aliphatic carbocycles. The van der Waals surface area contributed by atoms with Gasteiger partial charge in [-0.15, -0.1) is 0 Å². The van der Waals surface area contributed by atoms with Crippen molar-refractivity contribution >= 4 is 17.5 Å². The van der Waals surface area contributed by atoms with Crippen molar-refractivity contribution in [2.45, 2.75) is 58.2 Å². The molecule has 1 aliphatic heterocycles. The van der Waals surface area contributed by atoms with E-state index in [1.165, 1.54) is 0 Å². The molecule has 0 saturated carbocycles. The molecule has 6 heteroatoms. The van der Waals surface area contributed by atoms with Gasteiger partial charge in [0.2, 0.25) is 0 Å². The first-order valence-corrected chi connectivity index (χ1v) is 13.8. The van der Waals surface area contributed by atoms with Crippen molar-refractivity contribution < 1.29 is 23.8 Å². The summed E-state index contributed by atoms with van der Waals surface area (Å²) < 4.78 is 17.5. The molecule has 3 atom stereocenters. The maximum Gasteiger partial charge on any atom is 0.315 e. The molecule has 0 N–H and O–H groups in total. The first-order valence-electron chi connectivity index (χ1n) is 13.8. The lowest BCUT2D eigenvalue weighted by molar-refractivity contribution is -0.150. The summed E-state index contributed by atoms with van der Waals surface area (Å²) in [5, 5.41) is 0. The Morgan fingerprint density at radius 3 is 2.30 bits per heavy atom. The molecular formula is C34H35NO5. The summed E-state index contributed by atoms with van der Waals surface area (Å²) in [7, 11) is 1.59. The summed E-state index contributed by atoms with van der Waals surface area (Å²) in [6.45, 7) is 5.90. The van der Waals surface area contributed by atoms with Crippen molar-refractivity contribution in [1.82, 2.24) is 0 Å². The monoisotopic (exact) mass is 537 g/mol. The Kier molecular flexibility index (Phi) is 8.15. The lowest BCUT2D eigenvalue weighted by Gasteiger charge is -2.37. The van der Waals surface area contributed by atoms with Gasteiger partial charge in [0.25, 0.3) is 0 Å². The fraction of sp³-hybridized carbons (Fsp3) is 0.324. The summed E-state index contributed by atoms with van der Waals surface area (Å²) in [6.07, 6.45) is 0.722. The van der Waals surface area contributed by atoms with Crippen LogP contribution in [0.25, 0.3) is 0 Å². The van der Waals surface area contributed by atoms with E-state index in [4.69, 9.17) is 19.2 Å². The van der Waals surface area contributed by atoms with Crippen LogP contribution in [-0.2, 0) is 20.9 Å². The fourth-order valence-electron chi connectivity index (χ4n) is 5.72. The Hall–Kier alpha value is -4.19. The Bertz CT molecular complexity index is 1440. The molecule has 40 heavy (non-hydrogen) atoms. The third kappa shape index (κ3) is 5.71. The lowest BCUT2D eigenvalue weighted by Crippen LogP contribution is -2.38. The molecule has 0 fully saturated rings. The molecule has 1 unspecified atom stereocenters. The molecule has 3 aromatic rings. The van der Waals surface area contributed by atoms with E-state index in [0.29, 0.717) is 42.2 Å². The van der Waals surface area contributed by atoms with Crippen molar-refractivity contribution in [3.8, 4) is 11.5 Å². The average molecular weight is 538 g/mol. The molecule has 3 aromatic carbocycles. The summed E-state index contributed by atoms with van der Waals surface area (Å²) >= 11 is 0. The number of methoxy groups -OCH3 is 1. The fourth-order valence-corrected chi connectivity index (χ4v) is 5.72. The van der Waals surface area contributed by atoms with Crippen LogP contribution in [-0.4, -0.2) is 30.7 Å². The van der Waals surface area contributed by atoms with E-state index in [0.717, 1.165) is 22.4 Å². The van der Waals surface area contributed by atoms with Gasteiger partial charge >= 0.3 is 5.97 Å². The van der Waals surface area contributed by atoms with Crippen molar-refractivity contribution in [2.24, 2.45) is 10.9 Å². The summed E-state index contributed by atoms with van der Waals surface area (Å²) in [5.41, 5.74) is 4.96. The minimum atomic E-state index is -0.709. The summed E-state index contributed by atoms with van der Waals surface area (Å²) in [4.78, 5) is 32.2. The third-order valence-corrected chi connectivity index (χ3v) is 7.55. The molecule has 0 spiro atoms. The van der Waals surface area contributed by atoms with Gasteiger partial charge in [-0.1, -0.05) is 66.7 Å². The largest absolute Gasteiger partial charge is 0.493 e. The quantitative estimate of drug-likeness (QED) is 0.296. The highest BCUT2D eigenvalue weighted by molar-refractivity contribution is 6.09. The van der Waals surface area contributed by atoms with Crippen molar-refractivity contribution in [3.05, 3.63) is 107 Å². The maximum atomic E-state index is 13.8. The van der Waals surface area contributed by atoms with Gasteiger partial charge in [0.1, 0.15) is 12.5 Å². The lowest BCUT2D eigenvalue weighted by atomic mass is 9.69. The normalized spacial score (nSPS) is 20.6. The van der Waals surface area contributed by atoms with Gasteiger partial charge in [-0.3, -0.25) is 14.6 Å². The van der Waals surface area contributed by atoms with Crippen LogP contribution >= 0.6 is 0 Å². The highest BCUT2D eigenvalue weighted by Gasteiger charge is 2.45. The zero-order valence-electron chi connectivity index (χ0n) is 23.4. The van der Waals surface area contributed by atoms with Gasteiger partial charge < -0.3 is 14.2 Å². The van der Waals surface area contributed by atoms with Gasteiger partial charge in [0.15, 0.2) is 17.3 Å². The molecule has 206 valence electrons. The number of hydrogen-bond acceptors (Lipinski definition) is 6. The van der Waals surface area contributed by atoms with Gasteiger partial charge in [-0.05, 0) is 61.9 Å². The van der Waals surface area contributed by atoms with E-state index in [1.807, 2.05) is 87.5 Å². The minimum absolute atomic E-state index is 0.0158. The molecule has 6 nitrogen and oxygen atoms in total. The SMILES string of the molecule is COc1cc([C@H]2C3=C(C[C@@H](c4ccccc4)CC3=O)N=C(C)C2C(=O)OC(C)C)ccc1OCc1ccccc1. The van der Waals surface area contributed by atoms with Crippen LogP contribution in [0.4, 0.5) is 0 Å². The number of Topliss-reactive ketones (excluding diaryl/α,β-unsaturated/α-hetero) is 1. The highest BCUT2D eigenvalue weighted by atomic mass is 16.5. The molecule has 0 aromatic heterocycles. The highest BCUT2D eigenvalue weighted by Crippen LogP contribution is 2.48. The zero-order chi connectivity index (χ0) is 28.2. The number of benzene rings is 3. The first-order chi connectivity index (χ1) is 19.4. The number of hydrogen-bond donors (Lipinski definition) is 0. The topological polar surface area (TPSA) is 74.2 Å². The van der Waals surface area contributed by atoms with Crippen LogP contribution in [0.5, 0.6) is 11.5 Å². The van der Waals surface area contributed by atoms with Gasteiger partial charge in [0, 0.05) is 29.3 Å². The number of rotatable bonds is 8. The van der Waals surface area contributed by atoms with Crippen molar-refractivity contribution in [1.29, 1.82) is 0 Å². The van der Waals surface area contributed by atoms with Crippen LogP contribution in [0.1, 0.15) is 62.1 Å². The van der Waals surface area contributed by atoms with E-state index < -0.39 is 11.8 Å². The standard InChI is InChI=1S/C34H35NO5/c1-21(2)40-34(37)31-22(3)35-27-17-26(24-13-9-6-10-14-24)18-28(36)33(27)32(31)25-15-16-29(30(19-25)38-4)39-20-23-11-7-5-8-12-23/h5-16,19,21,26,31-32H,17-18,20H2,1-4H3/t26-,31?,32-/m1/s1. The molecular weight excluding hydrogens is 502 g/mol. The number of ketones is 1. The first kappa shape index (κ1) is 27.4. The molecule has 0 bridgehead atoms. The molecule has 0 radical (unpaired) electrons. The third-order valence-electron chi connectivity index (χ3n) is 7.55. The second-order valence-corrected chi connectivity index (χ2v) is 10.7. The molecule has 0 amide bonds. The smallest absolute Gasteiger partial charge is 0.315 e. The molecule has 5 rings (SSSR count). The van der Waals surface area contributed by atoms with E-state index in [1.54, 1.807) is 7.11 Å². The number of nitrogens with zero attached hydrogens (tertiary/aromatic N) is 1. The van der Waals surface area contributed by atoms with Gasteiger partial charge in [-0.25, -0.2) is 0 Å². The van der Waals surface area contributed by atoms with Gasteiger partial charge in [-0.2, -0.15) is 0 Å². The molecule has 1 heterocycles. The number of esters is 1. The van der Waals surface area contributed by atoms with Gasteiger partial charge in [0.05, 0.1) is 13.2 Å². The Balaban J connectivity index is 1.53. The summed E-state index contributed by atoms with van der Waals surface area (Å²) in [5.74, 6) is -0.425. The number of allylic oxidation sites excluding steroid dienone is 2. The number of carbonyl (C=O) groups excluding carboxylic acids is 2. The van der Waals surface area contributed by atoms with Crippen LogP contribution in [0.3, 0.4) is 0 Å². The van der Waals surface area contributed by atoms with Crippen LogP contribution in [0, 0.1) is 5.92 Å². The Morgan fingerprint density at radius 1 is 0.925 bits per heavy atom. The average Bonchev–Trinajstić information content (AvgIpc) is 2.95. The van der Waals surface area contributed by atoms with E-state index in [9.17, 15) is 9.59 Å². The Labute approximate surface area is 235 Å². The number of carbonyl (C=O) groups is 2. The van der Waals surface area contributed by atoms with Crippen molar-refractivity contribution in [2.75, 3.05) is 7.11 Å². The number of ether oxygens (including phenoxy) is 3. The zero-order valence-corrected chi connectivity index (χ0v) is 23.4. The van der Waals surface area contributed by atoms with Crippen LogP contribution < -0.4 is 9.47 Å². The van der Waals surface area contributed by atoms with Crippen LogP contribution in [0.2, 0.25) is 0 Å². The molecule has 0 saturated heterocycles. The maximum absolute atomic E-state index is 13.8. The van der Waals surface area contributed by atoms with E-state index >= 15 is 0 Å². The van der Waals surface area contributed by atoms with E-state index in [2.05, 4.69) is 12.1 Å². The minimum Gasteiger partial charge on any atom is -0.493 e. The second-order valence-electron chi connectivity index (χ2n) is 10.7. The predicted molar refractivity (Wildman–Crippen MR) is 155 cm³/mol. The van der Waals surface area contributed by atoms with E-state index in [-0.39, 0.29) is 23.8 Å². The Morgan fingerprint density at radius 2 is 1.62 bits per heavy atom. The number of aliphatic imine (C=N–C) groups is 1. The van der Waals surface area contributed by atoms with Crippen molar-refractivity contribution in [3.63, 3.8) is 0 Å².